The molecule has 0 spiro atoms. The maximum Gasteiger partial charge on any atom is 0.337 e. The highest BCUT2D eigenvalue weighted by atomic mass is 16.6. The number of non-ortho nitro benzene ring substituents is 1. The van der Waals surface area contributed by atoms with E-state index >= 15 is 0 Å². The van der Waals surface area contributed by atoms with Crippen LogP contribution in [-0.4, -0.2) is 50.0 Å². The lowest BCUT2D eigenvalue weighted by molar-refractivity contribution is -0.384. The largest absolute Gasteiger partial charge is 0.497 e. The van der Waals surface area contributed by atoms with Gasteiger partial charge in [-0.3, -0.25) is 10.1 Å². The minimum atomic E-state index is -1.53. The number of nitrogens with zero attached hydrogens (tertiary/aromatic N) is 2. The summed E-state index contributed by atoms with van der Waals surface area (Å²) in [4.78, 5) is 24.4. The van der Waals surface area contributed by atoms with Crippen LogP contribution >= 0.6 is 0 Å². The molecule has 0 aliphatic heterocycles. The summed E-state index contributed by atoms with van der Waals surface area (Å²) in [5.74, 6) is 0.252. The molecule has 0 bridgehead atoms. The topological polar surface area (TPSA) is 111 Å². The highest BCUT2D eigenvalue weighted by molar-refractivity contribution is 5.77. The number of hydrogen-bond acceptors (Lipinski definition) is 8. The lowest BCUT2D eigenvalue weighted by Crippen LogP contribution is -2.39. The second-order valence-corrected chi connectivity index (χ2v) is 6.14. The van der Waals surface area contributed by atoms with Crippen molar-refractivity contribution in [2.75, 3.05) is 32.8 Å². The zero-order chi connectivity index (χ0) is 21.6. The van der Waals surface area contributed by atoms with E-state index in [1.807, 2.05) is 0 Å². The summed E-state index contributed by atoms with van der Waals surface area (Å²) >= 11 is 0. The van der Waals surface area contributed by atoms with E-state index in [0.717, 1.165) is 0 Å². The van der Waals surface area contributed by atoms with E-state index in [1.165, 1.54) is 38.5 Å². The number of aliphatic hydroxyl groups is 1. The number of aliphatic hydroxyl groups excluding tert-OH is 1. The normalized spacial score (nSPS) is 12.6. The van der Waals surface area contributed by atoms with E-state index in [-0.39, 0.29) is 12.3 Å². The van der Waals surface area contributed by atoms with Gasteiger partial charge in [0.1, 0.15) is 11.5 Å². The Kier molecular flexibility index (Phi) is 7.38. The average Bonchev–Trinajstić information content (AvgIpc) is 2.73. The predicted molar refractivity (Wildman–Crippen MR) is 106 cm³/mol. The van der Waals surface area contributed by atoms with Gasteiger partial charge in [0, 0.05) is 25.2 Å². The summed E-state index contributed by atoms with van der Waals surface area (Å²) in [6.07, 6.45) is -1.53. The van der Waals surface area contributed by atoms with Gasteiger partial charge in [-0.25, -0.2) is 4.79 Å². The molecule has 156 valence electrons. The quantitative estimate of drug-likeness (QED) is 0.386. The molecule has 0 saturated carbocycles. The SMILES string of the molecule is CCOC(=O)C(O)C(c1ccc([N+](=O)[O-])cc1)N(C)c1ccc(OC)cc1OC. The van der Waals surface area contributed by atoms with Gasteiger partial charge >= 0.3 is 5.97 Å². The van der Waals surface area contributed by atoms with Crippen LogP contribution in [0.1, 0.15) is 18.5 Å². The zero-order valence-corrected chi connectivity index (χ0v) is 16.7. The first kappa shape index (κ1) is 22.0. The van der Waals surface area contributed by atoms with Crippen molar-refractivity contribution in [1.82, 2.24) is 0 Å². The minimum Gasteiger partial charge on any atom is -0.497 e. The molecule has 0 amide bonds. The van der Waals surface area contributed by atoms with Crippen molar-refractivity contribution < 1.29 is 29.0 Å². The van der Waals surface area contributed by atoms with Gasteiger partial charge in [0.2, 0.25) is 0 Å². The number of anilines is 1. The van der Waals surface area contributed by atoms with Crippen molar-refractivity contribution in [2.24, 2.45) is 0 Å². The standard InChI is InChI=1S/C20H24N2O7/c1-5-29-20(24)19(23)18(13-6-8-14(9-7-13)22(25)26)21(2)16-11-10-15(27-3)12-17(16)28-4/h6-12,18-19,23H,5H2,1-4H3. The molecule has 0 aromatic heterocycles. The summed E-state index contributed by atoms with van der Waals surface area (Å²) in [6.45, 7) is 1.75. The number of likely N-dealkylation sites (N-methyl/N-ethyl adjacent to an activating group) is 1. The first-order chi connectivity index (χ1) is 13.8. The number of ether oxygens (including phenoxy) is 3. The highest BCUT2D eigenvalue weighted by Gasteiger charge is 2.33. The summed E-state index contributed by atoms with van der Waals surface area (Å²) in [6, 6.07) is 9.88. The van der Waals surface area contributed by atoms with Crippen LogP contribution in [0.15, 0.2) is 42.5 Å². The van der Waals surface area contributed by atoms with Gasteiger partial charge in [0.05, 0.1) is 37.5 Å². The van der Waals surface area contributed by atoms with E-state index in [9.17, 15) is 20.0 Å². The van der Waals surface area contributed by atoms with E-state index in [2.05, 4.69) is 0 Å². The lowest BCUT2D eigenvalue weighted by atomic mass is 9.98. The molecule has 0 saturated heterocycles. The molecular weight excluding hydrogens is 380 g/mol. The number of esters is 1. The maximum absolute atomic E-state index is 12.3. The third-order valence-electron chi connectivity index (χ3n) is 4.46. The first-order valence-corrected chi connectivity index (χ1v) is 8.87. The first-order valence-electron chi connectivity index (χ1n) is 8.87. The van der Waals surface area contributed by atoms with Gasteiger partial charge in [-0.15, -0.1) is 0 Å². The molecule has 2 aromatic carbocycles. The number of rotatable bonds is 9. The van der Waals surface area contributed by atoms with Crippen LogP contribution in [0.25, 0.3) is 0 Å². The summed E-state index contributed by atoms with van der Waals surface area (Å²) < 4.78 is 15.6. The molecule has 9 nitrogen and oxygen atoms in total. The fraction of sp³-hybridized carbons (Fsp3) is 0.350. The number of nitro groups is 1. The van der Waals surface area contributed by atoms with Gasteiger partial charge in [-0.2, -0.15) is 0 Å². The van der Waals surface area contributed by atoms with Crippen LogP contribution in [-0.2, 0) is 9.53 Å². The predicted octanol–water partition coefficient (Wildman–Crippen LogP) is 2.71. The molecule has 9 heteroatoms. The Morgan fingerprint density at radius 1 is 1.17 bits per heavy atom. The molecule has 2 aromatic rings. The van der Waals surface area contributed by atoms with Crippen LogP contribution in [0.3, 0.4) is 0 Å². The van der Waals surface area contributed by atoms with Crippen molar-refractivity contribution in [2.45, 2.75) is 19.1 Å². The lowest BCUT2D eigenvalue weighted by Gasteiger charge is -2.33. The van der Waals surface area contributed by atoms with Crippen LogP contribution < -0.4 is 14.4 Å². The molecule has 0 aliphatic rings. The van der Waals surface area contributed by atoms with E-state index < -0.39 is 23.0 Å². The van der Waals surface area contributed by atoms with E-state index in [0.29, 0.717) is 22.7 Å². The third kappa shape index (κ3) is 4.94. The van der Waals surface area contributed by atoms with Crippen molar-refractivity contribution in [3.63, 3.8) is 0 Å². The number of hydrogen-bond donors (Lipinski definition) is 1. The number of methoxy groups -OCH3 is 2. The molecule has 0 heterocycles. The van der Waals surface area contributed by atoms with Gasteiger partial charge in [0.25, 0.3) is 5.69 Å². The van der Waals surface area contributed by atoms with Gasteiger partial charge in [-0.05, 0) is 24.6 Å². The zero-order valence-electron chi connectivity index (χ0n) is 16.7. The average molecular weight is 404 g/mol. The summed E-state index contributed by atoms with van der Waals surface area (Å²) in [7, 11) is 4.70. The number of nitro benzene ring substituents is 1. The van der Waals surface area contributed by atoms with E-state index in [4.69, 9.17) is 14.2 Å². The molecular formula is C20H24N2O7. The second-order valence-electron chi connectivity index (χ2n) is 6.14. The Balaban J connectivity index is 2.51. The van der Waals surface area contributed by atoms with Crippen LogP contribution in [0, 0.1) is 10.1 Å². The Hall–Kier alpha value is -3.33. The minimum absolute atomic E-state index is 0.0946. The second kappa shape index (κ2) is 9.74. The number of benzene rings is 2. The Morgan fingerprint density at radius 3 is 2.34 bits per heavy atom. The molecule has 1 N–H and O–H groups in total. The highest BCUT2D eigenvalue weighted by Crippen LogP contribution is 2.37. The molecule has 2 atom stereocenters. The fourth-order valence-corrected chi connectivity index (χ4v) is 2.99. The molecule has 2 rings (SSSR count). The smallest absolute Gasteiger partial charge is 0.337 e. The molecule has 0 fully saturated rings. The van der Waals surface area contributed by atoms with Gasteiger partial charge < -0.3 is 24.2 Å². The maximum atomic E-state index is 12.3. The third-order valence-corrected chi connectivity index (χ3v) is 4.46. The van der Waals surface area contributed by atoms with Gasteiger partial charge in [-0.1, -0.05) is 12.1 Å². The Labute approximate surface area is 168 Å². The molecule has 29 heavy (non-hydrogen) atoms. The van der Waals surface area contributed by atoms with Crippen molar-refractivity contribution in [3.05, 3.63) is 58.1 Å². The van der Waals surface area contributed by atoms with Gasteiger partial charge in [0.15, 0.2) is 6.10 Å². The van der Waals surface area contributed by atoms with Crippen molar-refractivity contribution in [1.29, 1.82) is 0 Å². The van der Waals surface area contributed by atoms with Crippen molar-refractivity contribution >= 4 is 17.3 Å². The van der Waals surface area contributed by atoms with Crippen LogP contribution in [0.2, 0.25) is 0 Å². The number of carbonyl (C=O) groups is 1. The Bertz CT molecular complexity index is 854. The Morgan fingerprint density at radius 2 is 1.83 bits per heavy atom. The van der Waals surface area contributed by atoms with E-state index in [1.54, 1.807) is 37.1 Å². The monoisotopic (exact) mass is 404 g/mol. The molecule has 0 aliphatic carbocycles. The summed E-state index contributed by atoms with van der Waals surface area (Å²) in [5.41, 5.74) is 0.985. The van der Waals surface area contributed by atoms with Crippen LogP contribution in [0.4, 0.5) is 11.4 Å². The van der Waals surface area contributed by atoms with Crippen LogP contribution in [0.5, 0.6) is 11.5 Å². The number of carbonyl (C=O) groups excluding carboxylic acids is 1. The van der Waals surface area contributed by atoms with Crippen molar-refractivity contribution in [3.8, 4) is 11.5 Å². The molecule has 0 radical (unpaired) electrons. The summed E-state index contributed by atoms with van der Waals surface area (Å²) in [5, 5.41) is 21.7. The molecule has 2 unspecified atom stereocenters. The fourth-order valence-electron chi connectivity index (χ4n) is 2.99.